The number of thiazole rings is 1. The van der Waals surface area contributed by atoms with Crippen LogP contribution in [0.5, 0.6) is 0 Å². The van der Waals surface area contributed by atoms with Crippen LogP contribution in [0.2, 0.25) is 0 Å². The van der Waals surface area contributed by atoms with E-state index in [0.717, 1.165) is 21.8 Å². The van der Waals surface area contributed by atoms with Crippen molar-refractivity contribution in [3.05, 3.63) is 29.7 Å². The van der Waals surface area contributed by atoms with E-state index in [1.54, 1.807) is 13.1 Å². The number of hydrogen-bond donors (Lipinski definition) is 1. The molecule has 0 saturated carbocycles. The molecule has 0 fully saturated rings. The second kappa shape index (κ2) is 6.44. The molecule has 2 rings (SSSR count). The van der Waals surface area contributed by atoms with Crippen LogP contribution in [-0.2, 0) is 14.9 Å². The lowest BCUT2D eigenvalue weighted by molar-refractivity contribution is -0.144. The van der Waals surface area contributed by atoms with Gasteiger partial charge in [0.2, 0.25) is 0 Å². The maximum absolute atomic E-state index is 11.8. The number of nitrogens with two attached hydrogens (primary N) is 1. The van der Waals surface area contributed by atoms with Crippen LogP contribution in [0.1, 0.15) is 38.6 Å². The zero-order valence-electron chi connectivity index (χ0n) is 13.3. The van der Waals surface area contributed by atoms with Gasteiger partial charge in [0, 0.05) is 17.3 Å². The predicted molar refractivity (Wildman–Crippen MR) is 88.8 cm³/mol. The fourth-order valence-electron chi connectivity index (χ4n) is 2.29. The molecule has 0 spiro atoms. The van der Waals surface area contributed by atoms with Gasteiger partial charge in [-0.3, -0.25) is 9.78 Å². The molecule has 22 heavy (non-hydrogen) atoms. The summed E-state index contributed by atoms with van der Waals surface area (Å²) < 4.78 is 5.05. The molecule has 0 saturated heterocycles. The van der Waals surface area contributed by atoms with E-state index in [2.05, 4.69) is 9.97 Å². The Morgan fingerprint density at radius 3 is 2.77 bits per heavy atom. The van der Waals surface area contributed by atoms with Gasteiger partial charge < -0.3 is 10.5 Å². The molecule has 2 heterocycles. The average Bonchev–Trinajstić information content (AvgIpc) is 2.77. The first-order valence-electron chi connectivity index (χ1n) is 7.19. The Morgan fingerprint density at radius 2 is 2.18 bits per heavy atom. The van der Waals surface area contributed by atoms with Gasteiger partial charge in [-0.2, -0.15) is 0 Å². The summed E-state index contributed by atoms with van der Waals surface area (Å²) in [6.45, 7) is 8.11. The number of pyridine rings is 1. The molecule has 2 N–H and O–H groups in total. The van der Waals surface area contributed by atoms with E-state index in [1.807, 2.05) is 32.9 Å². The van der Waals surface area contributed by atoms with Crippen LogP contribution in [-0.4, -0.2) is 22.5 Å². The summed E-state index contributed by atoms with van der Waals surface area (Å²) in [6, 6.07) is 3.93. The molecule has 0 aliphatic carbocycles. The van der Waals surface area contributed by atoms with Gasteiger partial charge in [-0.05, 0) is 31.5 Å². The normalized spacial score (nSPS) is 11.5. The van der Waals surface area contributed by atoms with Crippen molar-refractivity contribution >= 4 is 22.4 Å². The quantitative estimate of drug-likeness (QED) is 0.855. The van der Waals surface area contributed by atoms with Crippen LogP contribution in [0.15, 0.2) is 18.3 Å². The number of esters is 1. The smallest absolute Gasteiger partial charge is 0.306 e. The minimum Gasteiger partial charge on any atom is -0.466 e. The number of aromatic nitrogens is 2. The van der Waals surface area contributed by atoms with Crippen LogP contribution >= 0.6 is 11.3 Å². The third-order valence-corrected chi connectivity index (χ3v) is 4.46. The third-order valence-electron chi connectivity index (χ3n) is 3.42. The Hall–Kier alpha value is -1.95. The van der Waals surface area contributed by atoms with Crippen LogP contribution in [0.25, 0.3) is 10.4 Å². The molecule has 2 aromatic rings. The maximum Gasteiger partial charge on any atom is 0.306 e. The van der Waals surface area contributed by atoms with Gasteiger partial charge in [0.05, 0.1) is 23.6 Å². The minimum absolute atomic E-state index is 0.210. The lowest BCUT2D eigenvalue weighted by atomic mass is 9.84. The molecular weight excluding hydrogens is 298 g/mol. The fourth-order valence-corrected chi connectivity index (χ4v) is 3.12. The van der Waals surface area contributed by atoms with E-state index in [9.17, 15) is 4.79 Å². The van der Waals surface area contributed by atoms with Crippen LogP contribution in [0.4, 0.5) is 5.13 Å². The molecular formula is C16H21N3O2S. The Labute approximate surface area is 134 Å². The second-order valence-corrected chi connectivity index (χ2v) is 6.79. The summed E-state index contributed by atoms with van der Waals surface area (Å²) >= 11 is 1.46. The largest absolute Gasteiger partial charge is 0.466 e. The first-order chi connectivity index (χ1) is 10.3. The molecule has 0 aliphatic rings. The number of aryl methyl sites for hydroxylation is 1. The Bertz CT molecular complexity index is 680. The standard InChI is InChI=1S/C16H21N3O2S/c1-5-21-13(20)9-16(3,4)12-8-11(6-7-18-12)14-10(2)19-15(17)22-14/h6-8H,5,9H2,1-4H3,(H2,17,19). The topological polar surface area (TPSA) is 78.1 Å². The van der Waals surface area contributed by atoms with Gasteiger partial charge in [0.1, 0.15) is 0 Å². The van der Waals surface area contributed by atoms with Gasteiger partial charge in [-0.15, -0.1) is 0 Å². The van der Waals surface area contributed by atoms with Gasteiger partial charge in [-0.1, -0.05) is 25.2 Å². The molecule has 2 aromatic heterocycles. The SMILES string of the molecule is CCOC(=O)CC(C)(C)c1cc(-c2sc(N)nc2C)ccn1. The third kappa shape index (κ3) is 3.62. The van der Waals surface area contributed by atoms with Gasteiger partial charge >= 0.3 is 5.97 Å². The van der Waals surface area contributed by atoms with Crippen molar-refractivity contribution in [2.75, 3.05) is 12.3 Å². The number of nitrogens with zero attached hydrogens (tertiary/aromatic N) is 2. The number of hydrogen-bond acceptors (Lipinski definition) is 6. The van der Waals surface area contributed by atoms with Crippen molar-refractivity contribution in [1.29, 1.82) is 0 Å². The first-order valence-corrected chi connectivity index (χ1v) is 8.00. The van der Waals surface area contributed by atoms with E-state index in [4.69, 9.17) is 10.5 Å². The highest BCUT2D eigenvalue weighted by atomic mass is 32.1. The van der Waals surface area contributed by atoms with E-state index >= 15 is 0 Å². The molecule has 5 nitrogen and oxygen atoms in total. The zero-order chi connectivity index (χ0) is 16.3. The molecule has 0 amide bonds. The predicted octanol–water partition coefficient (Wildman–Crippen LogP) is 3.33. The highest BCUT2D eigenvalue weighted by molar-refractivity contribution is 7.18. The summed E-state index contributed by atoms with van der Waals surface area (Å²) in [7, 11) is 0. The summed E-state index contributed by atoms with van der Waals surface area (Å²) in [5, 5.41) is 0.552. The average molecular weight is 319 g/mol. The van der Waals surface area contributed by atoms with E-state index < -0.39 is 5.41 Å². The highest BCUT2D eigenvalue weighted by Crippen LogP contribution is 2.34. The van der Waals surface area contributed by atoms with Crippen LogP contribution in [0, 0.1) is 6.92 Å². The number of ether oxygens (including phenoxy) is 1. The Balaban J connectivity index is 2.31. The summed E-state index contributed by atoms with van der Waals surface area (Å²) in [6.07, 6.45) is 2.05. The van der Waals surface area contributed by atoms with E-state index in [-0.39, 0.29) is 5.97 Å². The summed E-state index contributed by atoms with van der Waals surface area (Å²) in [5.41, 5.74) is 8.15. The van der Waals surface area contributed by atoms with Gasteiger partial charge in [0.25, 0.3) is 0 Å². The van der Waals surface area contributed by atoms with E-state index in [0.29, 0.717) is 18.2 Å². The maximum atomic E-state index is 11.8. The van der Waals surface area contributed by atoms with Crippen molar-refractivity contribution in [2.24, 2.45) is 0 Å². The molecule has 118 valence electrons. The molecule has 0 unspecified atom stereocenters. The van der Waals surface area contributed by atoms with Crippen molar-refractivity contribution in [1.82, 2.24) is 9.97 Å². The number of carbonyl (C=O) groups excluding carboxylic acids is 1. The lowest BCUT2D eigenvalue weighted by Crippen LogP contribution is -2.24. The van der Waals surface area contributed by atoms with Gasteiger partial charge in [0.15, 0.2) is 5.13 Å². The van der Waals surface area contributed by atoms with E-state index in [1.165, 1.54) is 11.3 Å². The fraction of sp³-hybridized carbons (Fsp3) is 0.438. The number of carbonyl (C=O) groups is 1. The number of anilines is 1. The molecule has 0 aliphatic heterocycles. The molecule has 6 heteroatoms. The summed E-state index contributed by atoms with van der Waals surface area (Å²) in [4.78, 5) is 21.5. The number of nitrogen functional groups attached to an aromatic ring is 1. The Kier molecular flexibility index (Phi) is 4.81. The Morgan fingerprint density at radius 1 is 1.45 bits per heavy atom. The van der Waals surface area contributed by atoms with Crippen molar-refractivity contribution in [3.63, 3.8) is 0 Å². The molecule has 0 aromatic carbocycles. The van der Waals surface area contributed by atoms with Crippen LogP contribution in [0.3, 0.4) is 0 Å². The molecule has 0 bridgehead atoms. The number of rotatable bonds is 5. The van der Waals surface area contributed by atoms with Gasteiger partial charge in [-0.25, -0.2) is 4.98 Å². The summed E-state index contributed by atoms with van der Waals surface area (Å²) in [5.74, 6) is -0.210. The molecule has 0 radical (unpaired) electrons. The van der Waals surface area contributed by atoms with Crippen molar-refractivity contribution in [3.8, 4) is 10.4 Å². The highest BCUT2D eigenvalue weighted by Gasteiger charge is 2.27. The lowest BCUT2D eigenvalue weighted by Gasteiger charge is -2.23. The van der Waals surface area contributed by atoms with Crippen molar-refractivity contribution < 1.29 is 9.53 Å². The zero-order valence-corrected chi connectivity index (χ0v) is 14.2. The second-order valence-electron chi connectivity index (χ2n) is 5.76. The minimum atomic E-state index is -0.396. The monoisotopic (exact) mass is 319 g/mol. The first kappa shape index (κ1) is 16.4. The van der Waals surface area contributed by atoms with Crippen LogP contribution < -0.4 is 5.73 Å². The molecule has 0 atom stereocenters. The van der Waals surface area contributed by atoms with Crippen molar-refractivity contribution in [2.45, 2.75) is 39.5 Å².